The van der Waals surface area contributed by atoms with Crippen molar-refractivity contribution >= 4 is 5.91 Å². The number of hydrogen-bond acceptors (Lipinski definition) is 3. The minimum absolute atomic E-state index is 0.0283. The quantitative estimate of drug-likeness (QED) is 0.737. The topological polar surface area (TPSA) is 56.0 Å². The number of aryl methyl sites for hydroxylation is 1. The summed E-state index contributed by atoms with van der Waals surface area (Å²) in [5.74, 6) is -0.446. The Balaban J connectivity index is 1.58. The Morgan fingerprint density at radius 3 is 2.96 bits per heavy atom. The van der Waals surface area contributed by atoms with Crippen LogP contribution in [0.5, 0.6) is 0 Å². The number of carbonyl (C=O) groups excluding carboxylic acids is 1. The number of carbonyl (C=O) groups is 1. The van der Waals surface area contributed by atoms with E-state index < -0.39 is 0 Å². The molecule has 1 atom stereocenters. The largest absolute Gasteiger partial charge is 0.330 e. The highest BCUT2D eigenvalue weighted by Gasteiger charge is 2.32. The summed E-state index contributed by atoms with van der Waals surface area (Å²) in [6.07, 6.45) is 7.30. The Morgan fingerprint density at radius 2 is 2.20 bits per heavy atom. The molecule has 4 rings (SSSR count). The first-order valence-corrected chi connectivity index (χ1v) is 8.23. The number of hydrogen-bond donors (Lipinski definition) is 0. The second-order valence-corrected chi connectivity index (χ2v) is 6.23. The molecule has 25 heavy (non-hydrogen) atoms. The molecule has 128 valence electrons. The third-order valence-electron chi connectivity index (χ3n) is 4.50. The summed E-state index contributed by atoms with van der Waals surface area (Å²) in [7, 11) is 1.87. The molecule has 6 nitrogen and oxygen atoms in total. The van der Waals surface area contributed by atoms with Gasteiger partial charge in [-0.25, -0.2) is 9.07 Å². The Morgan fingerprint density at radius 1 is 1.32 bits per heavy atom. The van der Waals surface area contributed by atoms with Crippen LogP contribution in [0, 0.1) is 5.82 Å². The van der Waals surface area contributed by atoms with Gasteiger partial charge in [0.05, 0.1) is 17.9 Å². The van der Waals surface area contributed by atoms with Crippen molar-refractivity contribution in [1.29, 1.82) is 0 Å². The van der Waals surface area contributed by atoms with Crippen LogP contribution in [0.3, 0.4) is 0 Å². The van der Waals surface area contributed by atoms with Crippen LogP contribution in [0.4, 0.5) is 4.39 Å². The van der Waals surface area contributed by atoms with E-state index in [1.165, 1.54) is 16.8 Å². The Labute approximate surface area is 144 Å². The van der Waals surface area contributed by atoms with Gasteiger partial charge in [0, 0.05) is 31.5 Å². The first kappa shape index (κ1) is 15.6. The van der Waals surface area contributed by atoms with Crippen LogP contribution in [0.1, 0.15) is 34.9 Å². The van der Waals surface area contributed by atoms with Gasteiger partial charge in [0.25, 0.3) is 5.91 Å². The van der Waals surface area contributed by atoms with Gasteiger partial charge in [-0.15, -0.1) is 0 Å². The molecular weight excluding hydrogens is 321 g/mol. The molecule has 0 spiro atoms. The molecule has 0 bridgehead atoms. The van der Waals surface area contributed by atoms with Gasteiger partial charge in [-0.05, 0) is 37.1 Å². The maximum Gasteiger partial charge on any atom is 0.274 e. The molecule has 0 radical (unpaired) electrons. The highest BCUT2D eigenvalue weighted by atomic mass is 19.1. The van der Waals surface area contributed by atoms with E-state index in [9.17, 15) is 9.18 Å². The van der Waals surface area contributed by atoms with Crippen molar-refractivity contribution in [1.82, 2.24) is 24.5 Å². The first-order valence-electron chi connectivity index (χ1n) is 8.23. The summed E-state index contributed by atoms with van der Waals surface area (Å²) in [6, 6.07) is 7.83. The zero-order chi connectivity index (χ0) is 17.4. The molecule has 0 N–H and O–H groups in total. The van der Waals surface area contributed by atoms with Crippen molar-refractivity contribution < 1.29 is 9.18 Å². The fourth-order valence-corrected chi connectivity index (χ4v) is 3.32. The zero-order valence-electron chi connectivity index (χ0n) is 13.8. The van der Waals surface area contributed by atoms with E-state index in [0.717, 1.165) is 18.4 Å². The molecule has 0 aliphatic carbocycles. The van der Waals surface area contributed by atoms with Gasteiger partial charge in [-0.3, -0.25) is 9.48 Å². The lowest BCUT2D eigenvalue weighted by atomic mass is 10.1. The molecule has 1 fully saturated rings. The number of likely N-dealkylation sites (tertiary alicyclic amines) is 1. The average Bonchev–Trinajstić information content (AvgIpc) is 3.34. The van der Waals surface area contributed by atoms with Crippen molar-refractivity contribution in [2.75, 3.05) is 6.54 Å². The molecule has 0 saturated carbocycles. The van der Waals surface area contributed by atoms with E-state index in [2.05, 4.69) is 10.2 Å². The van der Waals surface area contributed by atoms with Crippen LogP contribution in [0.15, 0.2) is 48.9 Å². The van der Waals surface area contributed by atoms with Crippen LogP contribution in [0.25, 0.3) is 5.69 Å². The van der Waals surface area contributed by atoms with Crippen LogP contribution >= 0.6 is 0 Å². The van der Waals surface area contributed by atoms with Crippen molar-refractivity contribution in [2.24, 2.45) is 7.05 Å². The highest BCUT2D eigenvalue weighted by Crippen LogP contribution is 2.32. The minimum atomic E-state index is -0.336. The number of halogens is 1. The highest BCUT2D eigenvalue weighted by molar-refractivity contribution is 5.92. The fourth-order valence-electron chi connectivity index (χ4n) is 3.32. The van der Waals surface area contributed by atoms with Crippen molar-refractivity contribution in [2.45, 2.75) is 18.9 Å². The summed E-state index contributed by atoms with van der Waals surface area (Å²) in [5.41, 5.74) is 1.99. The third kappa shape index (κ3) is 2.93. The van der Waals surface area contributed by atoms with E-state index in [0.29, 0.717) is 17.9 Å². The van der Waals surface area contributed by atoms with Crippen LogP contribution in [-0.2, 0) is 7.05 Å². The molecule has 3 aromatic rings. The van der Waals surface area contributed by atoms with E-state index in [1.807, 2.05) is 24.3 Å². The monoisotopic (exact) mass is 339 g/mol. The van der Waals surface area contributed by atoms with Crippen molar-refractivity contribution in [3.05, 3.63) is 66.0 Å². The lowest BCUT2D eigenvalue weighted by molar-refractivity contribution is 0.0729. The lowest BCUT2D eigenvalue weighted by Crippen LogP contribution is -2.30. The zero-order valence-corrected chi connectivity index (χ0v) is 13.8. The van der Waals surface area contributed by atoms with Crippen molar-refractivity contribution in [3.8, 4) is 5.69 Å². The fraction of sp³-hybridized carbons (Fsp3) is 0.278. The van der Waals surface area contributed by atoms with Gasteiger partial charge in [0.2, 0.25) is 0 Å². The minimum Gasteiger partial charge on any atom is -0.330 e. The van der Waals surface area contributed by atoms with Gasteiger partial charge in [0.1, 0.15) is 5.82 Å². The van der Waals surface area contributed by atoms with Gasteiger partial charge in [-0.2, -0.15) is 10.2 Å². The summed E-state index contributed by atoms with van der Waals surface area (Å²) in [6.45, 7) is 0.700. The predicted octanol–water partition coefficient (Wildman–Crippen LogP) is 2.72. The summed E-state index contributed by atoms with van der Waals surface area (Å²) < 4.78 is 16.6. The molecular formula is C18H18FN5O. The SMILES string of the molecule is Cn1cc([C@H]2CCCN2C(=O)c2ccn(-c3cccc(F)c3)n2)cn1. The van der Waals surface area contributed by atoms with Crippen molar-refractivity contribution in [3.63, 3.8) is 0 Å². The Bertz CT molecular complexity index is 916. The number of benzene rings is 1. The summed E-state index contributed by atoms with van der Waals surface area (Å²) in [5, 5.41) is 8.54. The van der Waals surface area contributed by atoms with Crippen LogP contribution < -0.4 is 0 Å². The Hall–Kier alpha value is -2.96. The summed E-state index contributed by atoms with van der Waals surface area (Å²) in [4.78, 5) is 14.7. The van der Waals surface area contributed by atoms with Gasteiger partial charge in [-0.1, -0.05) is 6.07 Å². The molecule has 1 aromatic carbocycles. The molecule has 0 unspecified atom stereocenters. The second kappa shape index (κ2) is 6.16. The summed E-state index contributed by atoms with van der Waals surface area (Å²) >= 11 is 0. The molecule has 1 saturated heterocycles. The molecule has 1 amide bonds. The maximum atomic E-state index is 13.4. The third-order valence-corrected chi connectivity index (χ3v) is 4.50. The smallest absolute Gasteiger partial charge is 0.274 e. The standard InChI is InChI=1S/C18H18FN5O/c1-22-12-13(11-20-22)17-6-3-8-23(17)18(25)16-7-9-24(21-16)15-5-2-4-14(19)10-15/h2,4-5,7,9-12,17H,3,6,8H2,1H3/t17-/m1/s1. The Kier molecular flexibility index (Phi) is 3.83. The molecule has 7 heteroatoms. The second-order valence-electron chi connectivity index (χ2n) is 6.23. The van der Waals surface area contributed by atoms with E-state index in [4.69, 9.17) is 0 Å². The number of aromatic nitrogens is 4. The average molecular weight is 339 g/mol. The number of rotatable bonds is 3. The van der Waals surface area contributed by atoms with Gasteiger partial charge >= 0.3 is 0 Å². The van der Waals surface area contributed by atoms with E-state index >= 15 is 0 Å². The molecule has 3 heterocycles. The number of nitrogens with zero attached hydrogens (tertiary/aromatic N) is 5. The maximum absolute atomic E-state index is 13.4. The molecule has 1 aliphatic heterocycles. The van der Waals surface area contributed by atoms with Crippen LogP contribution in [0.2, 0.25) is 0 Å². The van der Waals surface area contributed by atoms with Crippen LogP contribution in [-0.4, -0.2) is 36.9 Å². The van der Waals surface area contributed by atoms with Gasteiger partial charge < -0.3 is 4.90 Å². The normalized spacial score (nSPS) is 17.2. The predicted molar refractivity (Wildman–Crippen MR) is 89.7 cm³/mol. The first-order chi connectivity index (χ1) is 12.1. The lowest BCUT2D eigenvalue weighted by Gasteiger charge is -2.22. The molecule has 1 aliphatic rings. The van der Waals surface area contributed by atoms with Gasteiger partial charge in [0.15, 0.2) is 5.69 Å². The molecule has 2 aromatic heterocycles. The van der Waals surface area contributed by atoms with E-state index in [-0.39, 0.29) is 17.8 Å². The number of amides is 1. The van der Waals surface area contributed by atoms with E-state index in [1.54, 1.807) is 29.1 Å².